The summed E-state index contributed by atoms with van der Waals surface area (Å²) in [5.41, 5.74) is 9.57. The van der Waals surface area contributed by atoms with E-state index in [0.717, 1.165) is 50.1 Å². The van der Waals surface area contributed by atoms with Gasteiger partial charge in [-0.05, 0) is 69.7 Å². The first kappa shape index (κ1) is 26.4. The summed E-state index contributed by atoms with van der Waals surface area (Å²) < 4.78 is 54.5. The average molecular weight is 709 g/mol. The molecule has 8 aromatic carbocycles. The smallest absolute Gasteiger partial charge is 0.164 e. The van der Waals surface area contributed by atoms with Crippen LogP contribution in [0.2, 0.25) is 0 Å². The molecular weight excluding hydrogens is 669 g/mol. The molecule has 258 valence electrons. The van der Waals surface area contributed by atoms with E-state index in [1.165, 1.54) is 12.1 Å². The Kier molecular flexibility index (Phi) is 6.63. The molecule has 10 aromatic rings. The monoisotopic (exact) mass is 708 g/mol. The molecule has 0 aliphatic rings. The van der Waals surface area contributed by atoms with Gasteiger partial charge in [-0.3, -0.25) is 0 Å². The lowest BCUT2D eigenvalue weighted by molar-refractivity contribution is 1.07. The summed E-state index contributed by atoms with van der Waals surface area (Å²) in [7, 11) is 0. The normalized spacial score (nSPS) is 12.8. The molecule has 0 aliphatic heterocycles. The summed E-state index contributed by atoms with van der Waals surface area (Å²) in [6.45, 7) is 0. The van der Waals surface area contributed by atoms with Gasteiger partial charge in [-0.2, -0.15) is 0 Å². The molecule has 0 unspecified atom stereocenters. The number of para-hydroxylation sites is 2. The molecule has 55 heavy (non-hydrogen) atoms. The van der Waals surface area contributed by atoms with Crippen molar-refractivity contribution in [2.45, 2.75) is 0 Å². The van der Waals surface area contributed by atoms with Gasteiger partial charge in [0.1, 0.15) is 0 Å². The fraction of sp³-hybridized carbons (Fsp3) is 0. The van der Waals surface area contributed by atoms with Crippen molar-refractivity contribution in [1.29, 1.82) is 0 Å². The fourth-order valence-corrected chi connectivity index (χ4v) is 7.10. The topological polar surface area (TPSA) is 43.6 Å². The van der Waals surface area contributed by atoms with Gasteiger partial charge >= 0.3 is 0 Å². The Bertz CT molecular complexity index is 3170. The van der Waals surface area contributed by atoms with Gasteiger partial charge in [0.25, 0.3) is 0 Å². The third kappa shape index (κ3) is 6.16. The predicted molar refractivity (Wildman–Crippen MR) is 227 cm³/mol. The lowest BCUT2D eigenvalue weighted by Crippen LogP contribution is -2.00. The number of nitrogens with zero attached hydrogens (tertiary/aromatic N) is 4. The van der Waals surface area contributed by atoms with Crippen LogP contribution in [0.3, 0.4) is 0 Å². The molecule has 0 atom stereocenters. The van der Waals surface area contributed by atoms with Gasteiger partial charge in [0.05, 0.1) is 19.3 Å². The van der Waals surface area contributed by atoms with E-state index in [9.17, 15) is 0 Å². The van der Waals surface area contributed by atoms with Crippen LogP contribution in [0.15, 0.2) is 206 Å². The molecule has 2 aromatic heterocycles. The van der Waals surface area contributed by atoms with Crippen molar-refractivity contribution in [2.75, 3.05) is 0 Å². The van der Waals surface area contributed by atoms with Gasteiger partial charge in [0, 0.05) is 33.2 Å². The molecular formula is C51H34N4. The first-order valence-electron chi connectivity index (χ1n) is 21.0. The lowest BCUT2D eigenvalue weighted by Gasteiger charge is -2.15. The lowest BCUT2D eigenvalue weighted by atomic mass is 9.95. The van der Waals surface area contributed by atoms with Crippen LogP contribution in [0, 0.1) is 0 Å². The van der Waals surface area contributed by atoms with Crippen LogP contribution < -0.4 is 0 Å². The summed E-state index contributed by atoms with van der Waals surface area (Å²) in [6.07, 6.45) is 0. The highest BCUT2D eigenvalue weighted by Gasteiger charge is 2.16. The number of rotatable bonds is 7. The number of hydrogen-bond donors (Lipinski definition) is 0. The zero-order chi connectivity index (χ0) is 41.8. The Morgan fingerprint density at radius 2 is 0.709 bits per heavy atom. The van der Waals surface area contributed by atoms with Gasteiger partial charge in [-0.1, -0.05) is 170 Å². The number of benzene rings is 8. The first-order chi connectivity index (χ1) is 29.7. The van der Waals surface area contributed by atoms with Crippen molar-refractivity contribution >= 4 is 21.8 Å². The minimum Gasteiger partial charge on any atom is -0.309 e. The second-order valence-corrected chi connectivity index (χ2v) is 13.2. The Morgan fingerprint density at radius 1 is 0.327 bits per heavy atom. The van der Waals surface area contributed by atoms with E-state index in [0.29, 0.717) is 34.2 Å². The van der Waals surface area contributed by atoms with E-state index in [2.05, 4.69) is 30.3 Å². The standard InChI is InChI=1S/C51H34N4/c1-4-15-35(16-5-1)42-32-43(34-44(33-42)55-47-25-12-10-23-45(47)46-24-11-13-26-48(46)55)41-22-14-21-40(31-41)36-27-29-39(30-28-36)51-53-49(37-17-6-2-7-18-37)52-50(54-51)38-19-8-3-9-20-38/h1-34H/i10D,11D,23D,24D,25D,26D. The number of hydrogen-bond acceptors (Lipinski definition) is 3. The van der Waals surface area contributed by atoms with Gasteiger partial charge < -0.3 is 4.57 Å². The Balaban J connectivity index is 1.10. The van der Waals surface area contributed by atoms with Crippen molar-refractivity contribution in [1.82, 2.24) is 19.5 Å². The quantitative estimate of drug-likeness (QED) is 0.166. The first-order valence-corrected chi connectivity index (χ1v) is 18.0. The van der Waals surface area contributed by atoms with E-state index < -0.39 is 0 Å². The molecule has 4 nitrogen and oxygen atoms in total. The van der Waals surface area contributed by atoms with Crippen molar-refractivity contribution in [3.05, 3.63) is 206 Å². The fourth-order valence-electron chi connectivity index (χ4n) is 7.10. The molecule has 0 saturated carbocycles. The van der Waals surface area contributed by atoms with Gasteiger partial charge in [0.2, 0.25) is 0 Å². The molecule has 2 heterocycles. The largest absolute Gasteiger partial charge is 0.309 e. The van der Waals surface area contributed by atoms with Crippen LogP contribution in [0.4, 0.5) is 0 Å². The zero-order valence-electron chi connectivity index (χ0n) is 35.5. The zero-order valence-corrected chi connectivity index (χ0v) is 29.5. The van der Waals surface area contributed by atoms with Crippen LogP contribution in [-0.2, 0) is 0 Å². The SMILES string of the molecule is [2H]c1cc([2H])c2c(c1[2H])c1c([2H])c([2H])cc([2H])c1n2-c1cc(-c2ccccc2)cc(-c2cccc(-c3ccc(-c4nc(-c5ccccc5)nc(-c5ccccc5)n4)cc3)c2)c1. The summed E-state index contributed by atoms with van der Waals surface area (Å²) >= 11 is 0. The van der Waals surface area contributed by atoms with E-state index in [1.54, 1.807) is 4.57 Å². The molecule has 0 bridgehead atoms. The molecule has 0 saturated heterocycles. The molecule has 0 aliphatic carbocycles. The Hall–Kier alpha value is -7.43. The van der Waals surface area contributed by atoms with Crippen molar-refractivity contribution in [3.8, 4) is 73.2 Å². The van der Waals surface area contributed by atoms with Crippen LogP contribution in [0.1, 0.15) is 8.22 Å². The summed E-state index contributed by atoms with van der Waals surface area (Å²) in [4.78, 5) is 14.6. The van der Waals surface area contributed by atoms with Gasteiger partial charge in [-0.15, -0.1) is 0 Å². The van der Waals surface area contributed by atoms with Crippen molar-refractivity contribution in [3.63, 3.8) is 0 Å². The average Bonchev–Trinajstić information content (AvgIpc) is 3.69. The third-order valence-electron chi connectivity index (χ3n) is 9.78. The Morgan fingerprint density at radius 3 is 1.24 bits per heavy atom. The molecule has 0 N–H and O–H groups in total. The molecule has 4 heteroatoms. The number of aromatic nitrogens is 4. The van der Waals surface area contributed by atoms with E-state index in [4.69, 9.17) is 23.2 Å². The summed E-state index contributed by atoms with van der Waals surface area (Å²) in [6, 6.07) is 54.4. The van der Waals surface area contributed by atoms with Crippen LogP contribution in [0.5, 0.6) is 0 Å². The minimum atomic E-state index is -0.149. The van der Waals surface area contributed by atoms with Crippen LogP contribution in [0.25, 0.3) is 95.0 Å². The van der Waals surface area contributed by atoms with E-state index >= 15 is 0 Å². The molecule has 0 fully saturated rings. The predicted octanol–water partition coefficient (Wildman–Crippen LogP) is 13.0. The molecule has 0 spiro atoms. The molecule has 0 radical (unpaired) electrons. The van der Waals surface area contributed by atoms with Gasteiger partial charge in [0.15, 0.2) is 17.5 Å². The second-order valence-electron chi connectivity index (χ2n) is 13.2. The number of fused-ring (bicyclic) bond motifs is 3. The minimum absolute atomic E-state index is 0.000570. The van der Waals surface area contributed by atoms with Gasteiger partial charge in [-0.25, -0.2) is 15.0 Å². The maximum atomic E-state index is 9.04. The summed E-state index contributed by atoms with van der Waals surface area (Å²) in [5.74, 6) is 1.77. The van der Waals surface area contributed by atoms with Crippen molar-refractivity contribution < 1.29 is 8.22 Å². The summed E-state index contributed by atoms with van der Waals surface area (Å²) in [5, 5.41) is 0.448. The van der Waals surface area contributed by atoms with Crippen LogP contribution in [-0.4, -0.2) is 19.5 Å². The van der Waals surface area contributed by atoms with E-state index in [-0.39, 0.29) is 47.0 Å². The molecule has 10 rings (SSSR count). The van der Waals surface area contributed by atoms with E-state index in [1.807, 2.05) is 127 Å². The maximum absolute atomic E-state index is 9.04. The maximum Gasteiger partial charge on any atom is 0.164 e. The second kappa shape index (κ2) is 13.8. The van der Waals surface area contributed by atoms with Crippen molar-refractivity contribution in [2.24, 2.45) is 0 Å². The Labute approximate surface area is 328 Å². The highest BCUT2D eigenvalue weighted by Crippen LogP contribution is 2.37. The highest BCUT2D eigenvalue weighted by molar-refractivity contribution is 6.09. The third-order valence-corrected chi connectivity index (χ3v) is 9.78. The van der Waals surface area contributed by atoms with Crippen LogP contribution >= 0.6 is 0 Å². The molecule has 0 amide bonds. The highest BCUT2D eigenvalue weighted by atomic mass is 15.0.